The van der Waals surface area contributed by atoms with Gasteiger partial charge in [0.2, 0.25) is 0 Å². The standard InChI is InChI=1S/C18H11ClN2/c19-16-7-5-15-6-9-17(21-18(15)11-16)8-4-13-2-1-3-14(10-13)12-20/h1-11H/b8-4+. The Balaban J connectivity index is 1.93. The van der Waals surface area contributed by atoms with E-state index in [1.165, 1.54) is 0 Å². The molecule has 0 aliphatic heterocycles. The summed E-state index contributed by atoms with van der Waals surface area (Å²) < 4.78 is 0. The fourth-order valence-electron chi connectivity index (χ4n) is 2.09. The zero-order valence-electron chi connectivity index (χ0n) is 11.1. The van der Waals surface area contributed by atoms with E-state index >= 15 is 0 Å². The average Bonchev–Trinajstić information content (AvgIpc) is 2.52. The summed E-state index contributed by atoms with van der Waals surface area (Å²) in [5.74, 6) is 0. The van der Waals surface area contributed by atoms with Gasteiger partial charge in [-0.15, -0.1) is 0 Å². The van der Waals surface area contributed by atoms with Crippen LogP contribution in [0, 0.1) is 11.3 Å². The Hall–Kier alpha value is -2.63. The van der Waals surface area contributed by atoms with Crippen molar-refractivity contribution in [3.8, 4) is 6.07 Å². The largest absolute Gasteiger partial charge is 0.248 e. The molecule has 0 saturated heterocycles. The lowest BCUT2D eigenvalue weighted by Gasteiger charge is -2.00. The zero-order valence-corrected chi connectivity index (χ0v) is 11.9. The molecule has 2 aromatic carbocycles. The van der Waals surface area contributed by atoms with Crippen molar-refractivity contribution in [1.82, 2.24) is 4.98 Å². The maximum Gasteiger partial charge on any atom is 0.0991 e. The Bertz CT molecular complexity index is 876. The van der Waals surface area contributed by atoms with Crippen molar-refractivity contribution >= 4 is 34.7 Å². The summed E-state index contributed by atoms with van der Waals surface area (Å²) in [6.45, 7) is 0. The summed E-state index contributed by atoms with van der Waals surface area (Å²) in [4.78, 5) is 4.56. The second kappa shape index (κ2) is 5.78. The molecule has 0 amide bonds. The molecular weight excluding hydrogens is 280 g/mol. The monoisotopic (exact) mass is 290 g/mol. The molecule has 100 valence electrons. The molecule has 0 spiro atoms. The van der Waals surface area contributed by atoms with Crippen LogP contribution in [0.25, 0.3) is 23.1 Å². The number of nitriles is 1. The first-order chi connectivity index (χ1) is 10.2. The first kappa shape index (κ1) is 13.4. The Morgan fingerprint density at radius 3 is 2.71 bits per heavy atom. The van der Waals surface area contributed by atoms with E-state index in [1.807, 2.05) is 60.7 Å². The minimum Gasteiger partial charge on any atom is -0.248 e. The molecule has 21 heavy (non-hydrogen) atoms. The fourth-order valence-corrected chi connectivity index (χ4v) is 2.26. The summed E-state index contributed by atoms with van der Waals surface area (Å²) in [6, 6.07) is 19.2. The number of hydrogen-bond acceptors (Lipinski definition) is 2. The van der Waals surface area contributed by atoms with Crippen LogP contribution in [0.15, 0.2) is 54.6 Å². The van der Waals surface area contributed by atoms with Crippen molar-refractivity contribution in [1.29, 1.82) is 5.26 Å². The van der Waals surface area contributed by atoms with Gasteiger partial charge in [0.15, 0.2) is 0 Å². The molecule has 0 aliphatic carbocycles. The van der Waals surface area contributed by atoms with Gasteiger partial charge in [0.05, 0.1) is 22.8 Å². The van der Waals surface area contributed by atoms with Crippen molar-refractivity contribution in [3.05, 3.63) is 76.4 Å². The lowest BCUT2D eigenvalue weighted by molar-refractivity contribution is 1.37. The van der Waals surface area contributed by atoms with Crippen LogP contribution in [0.2, 0.25) is 5.02 Å². The van der Waals surface area contributed by atoms with Gasteiger partial charge in [0, 0.05) is 10.4 Å². The molecule has 3 rings (SSSR count). The van der Waals surface area contributed by atoms with Gasteiger partial charge >= 0.3 is 0 Å². The predicted octanol–water partition coefficient (Wildman–Crippen LogP) is 4.93. The second-order valence-electron chi connectivity index (χ2n) is 4.64. The maximum atomic E-state index is 8.89. The number of pyridine rings is 1. The molecule has 0 atom stereocenters. The van der Waals surface area contributed by atoms with Crippen molar-refractivity contribution in [2.45, 2.75) is 0 Å². The van der Waals surface area contributed by atoms with E-state index in [1.54, 1.807) is 6.07 Å². The molecular formula is C18H11ClN2. The Morgan fingerprint density at radius 2 is 1.86 bits per heavy atom. The van der Waals surface area contributed by atoms with E-state index in [0.29, 0.717) is 10.6 Å². The number of halogens is 1. The van der Waals surface area contributed by atoms with Gasteiger partial charge in [-0.3, -0.25) is 0 Å². The predicted molar refractivity (Wildman–Crippen MR) is 86.8 cm³/mol. The van der Waals surface area contributed by atoms with Gasteiger partial charge in [0.25, 0.3) is 0 Å². The molecule has 0 unspecified atom stereocenters. The fraction of sp³-hybridized carbons (Fsp3) is 0. The highest BCUT2D eigenvalue weighted by Gasteiger charge is 1.97. The highest BCUT2D eigenvalue weighted by Crippen LogP contribution is 2.19. The number of nitrogens with zero attached hydrogens (tertiary/aromatic N) is 2. The second-order valence-corrected chi connectivity index (χ2v) is 5.08. The molecule has 0 radical (unpaired) electrons. The Labute approximate surface area is 127 Å². The molecule has 0 saturated carbocycles. The first-order valence-corrected chi connectivity index (χ1v) is 6.87. The molecule has 1 aromatic heterocycles. The summed E-state index contributed by atoms with van der Waals surface area (Å²) in [6.07, 6.45) is 3.87. The lowest BCUT2D eigenvalue weighted by Crippen LogP contribution is -1.83. The SMILES string of the molecule is N#Cc1cccc(/C=C/c2ccc3ccc(Cl)cc3n2)c1. The smallest absolute Gasteiger partial charge is 0.0991 e. The molecule has 2 nitrogen and oxygen atoms in total. The van der Waals surface area contributed by atoms with Crippen molar-refractivity contribution in [2.75, 3.05) is 0 Å². The van der Waals surface area contributed by atoms with Crippen molar-refractivity contribution < 1.29 is 0 Å². The van der Waals surface area contributed by atoms with Gasteiger partial charge in [-0.05, 0) is 42.0 Å². The molecule has 0 bridgehead atoms. The van der Waals surface area contributed by atoms with E-state index < -0.39 is 0 Å². The maximum absolute atomic E-state index is 8.89. The highest BCUT2D eigenvalue weighted by atomic mass is 35.5. The van der Waals surface area contributed by atoms with Gasteiger partial charge in [-0.1, -0.05) is 41.9 Å². The van der Waals surface area contributed by atoms with Gasteiger partial charge < -0.3 is 0 Å². The van der Waals surface area contributed by atoms with Gasteiger partial charge in [-0.25, -0.2) is 4.98 Å². The molecule has 1 heterocycles. The van der Waals surface area contributed by atoms with Crippen molar-refractivity contribution in [3.63, 3.8) is 0 Å². The lowest BCUT2D eigenvalue weighted by atomic mass is 10.1. The minimum absolute atomic E-state index is 0.649. The van der Waals surface area contributed by atoms with E-state index in [2.05, 4.69) is 11.1 Å². The normalized spacial score (nSPS) is 10.9. The first-order valence-electron chi connectivity index (χ1n) is 6.49. The number of aromatic nitrogens is 1. The highest BCUT2D eigenvalue weighted by molar-refractivity contribution is 6.31. The Kier molecular flexibility index (Phi) is 3.68. The molecule has 0 N–H and O–H groups in total. The Morgan fingerprint density at radius 1 is 1.00 bits per heavy atom. The van der Waals surface area contributed by atoms with E-state index in [4.69, 9.17) is 16.9 Å². The number of rotatable bonds is 2. The van der Waals surface area contributed by atoms with E-state index in [0.717, 1.165) is 22.2 Å². The number of benzene rings is 2. The third kappa shape index (κ3) is 3.10. The average molecular weight is 291 g/mol. The zero-order chi connectivity index (χ0) is 14.7. The van der Waals surface area contributed by atoms with Crippen LogP contribution < -0.4 is 0 Å². The summed E-state index contributed by atoms with van der Waals surface area (Å²) >= 11 is 5.99. The molecule has 3 heteroatoms. The van der Waals surface area contributed by atoms with Crippen LogP contribution in [-0.4, -0.2) is 4.98 Å². The van der Waals surface area contributed by atoms with Crippen LogP contribution in [-0.2, 0) is 0 Å². The third-order valence-corrected chi connectivity index (χ3v) is 3.37. The van der Waals surface area contributed by atoms with Crippen molar-refractivity contribution in [2.24, 2.45) is 0 Å². The van der Waals surface area contributed by atoms with E-state index in [9.17, 15) is 0 Å². The van der Waals surface area contributed by atoms with Crippen LogP contribution in [0.5, 0.6) is 0 Å². The topological polar surface area (TPSA) is 36.7 Å². The minimum atomic E-state index is 0.649. The quantitative estimate of drug-likeness (QED) is 0.671. The van der Waals surface area contributed by atoms with Gasteiger partial charge in [-0.2, -0.15) is 5.26 Å². The number of fused-ring (bicyclic) bond motifs is 1. The third-order valence-electron chi connectivity index (χ3n) is 3.14. The van der Waals surface area contributed by atoms with Crippen LogP contribution in [0.4, 0.5) is 0 Å². The van der Waals surface area contributed by atoms with E-state index in [-0.39, 0.29) is 0 Å². The molecule has 0 aliphatic rings. The van der Waals surface area contributed by atoms with Crippen LogP contribution >= 0.6 is 11.6 Å². The summed E-state index contributed by atoms with van der Waals surface area (Å²) in [5.41, 5.74) is 3.35. The molecule has 0 fully saturated rings. The summed E-state index contributed by atoms with van der Waals surface area (Å²) in [5, 5.41) is 10.6. The summed E-state index contributed by atoms with van der Waals surface area (Å²) in [7, 11) is 0. The number of hydrogen-bond donors (Lipinski definition) is 0. The van der Waals surface area contributed by atoms with Crippen LogP contribution in [0.3, 0.4) is 0 Å². The van der Waals surface area contributed by atoms with Crippen LogP contribution in [0.1, 0.15) is 16.8 Å². The van der Waals surface area contributed by atoms with Gasteiger partial charge in [0.1, 0.15) is 0 Å². The molecule has 3 aromatic rings.